The second-order valence-corrected chi connectivity index (χ2v) is 11.8. The van der Waals surface area contributed by atoms with Gasteiger partial charge in [0.05, 0.1) is 25.4 Å². The van der Waals surface area contributed by atoms with E-state index in [2.05, 4.69) is 83.1 Å². The standard InChI is InChI=1S/C20H24O3.C15H16O2/c1-4-14(2)15-5-6-17-10-18(8-7-16(17)9-15)20-21-11-19(3,12-22-20)13-23-20;1-3-10(2)11-4-5-13-9-14(15(16)17)7-6-12(13)8-11/h5-10,14H,4,11-13H2,1-3H3;4-10H,3H2,1-2H3,(H,16,17). The zero-order valence-corrected chi connectivity index (χ0v) is 24.2. The molecule has 3 aliphatic heterocycles. The average molecular weight is 541 g/mol. The Kier molecular flexibility index (Phi) is 8.01. The van der Waals surface area contributed by atoms with Gasteiger partial charge in [-0.15, -0.1) is 0 Å². The molecule has 0 amide bonds. The fourth-order valence-electron chi connectivity index (χ4n) is 5.24. The van der Waals surface area contributed by atoms with Crippen LogP contribution in [-0.2, 0) is 20.2 Å². The Hall–Kier alpha value is -3.25. The summed E-state index contributed by atoms with van der Waals surface area (Å²) in [5.74, 6) is -0.764. The van der Waals surface area contributed by atoms with E-state index in [0.717, 1.165) is 29.2 Å². The number of aromatic carboxylic acids is 1. The molecule has 3 saturated heterocycles. The topological polar surface area (TPSA) is 65.0 Å². The Bertz CT molecular complexity index is 1500. The summed E-state index contributed by atoms with van der Waals surface area (Å²) in [6.45, 7) is 13.0. The van der Waals surface area contributed by atoms with Crippen LogP contribution in [0, 0.1) is 5.41 Å². The van der Waals surface area contributed by atoms with Crippen LogP contribution in [0.1, 0.15) is 86.3 Å². The van der Waals surface area contributed by atoms with E-state index in [4.69, 9.17) is 19.3 Å². The smallest absolute Gasteiger partial charge is 0.335 e. The molecule has 3 fully saturated rings. The summed E-state index contributed by atoms with van der Waals surface area (Å²) < 4.78 is 17.8. The predicted molar refractivity (Wildman–Crippen MR) is 160 cm³/mol. The van der Waals surface area contributed by atoms with Crippen LogP contribution in [0.15, 0.2) is 72.8 Å². The number of hydrogen-bond acceptors (Lipinski definition) is 4. The third-order valence-electron chi connectivity index (χ3n) is 8.52. The molecule has 2 bridgehead atoms. The zero-order chi connectivity index (χ0) is 28.5. The Labute approximate surface area is 237 Å². The van der Waals surface area contributed by atoms with Crippen molar-refractivity contribution in [1.29, 1.82) is 0 Å². The molecule has 3 heterocycles. The highest BCUT2D eigenvalue weighted by Gasteiger charge is 2.51. The van der Waals surface area contributed by atoms with E-state index in [0.29, 0.717) is 37.2 Å². The van der Waals surface area contributed by atoms with Gasteiger partial charge in [-0.1, -0.05) is 89.2 Å². The summed E-state index contributed by atoms with van der Waals surface area (Å²) >= 11 is 0. The summed E-state index contributed by atoms with van der Waals surface area (Å²) in [7, 11) is 0. The van der Waals surface area contributed by atoms with Crippen molar-refractivity contribution in [1.82, 2.24) is 0 Å². The van der Waals surface area contributed by atoms with E-state index in [1.54, 1.807) is 12.1 Å². The number of ether oxygens (including phenoxy) is 3. The highest BCUT2D eigenvalue weighted by Crippen LogP contribution is 2.44. The van der Waals surface area contributed by atoms with Gasteiger partial charge >= 0.3 is 11.9 Å². The van der Waals surface area contributed by atoms with Gasteiger partial charge in [0.2, 0.25) is 0 Å². The molecule has 1 N–H and O–H groups in total. The van der Waals surface area contributed by atoms with Gasteiger partial charge in [-0.25, -0.2) is 4.79 Å². The zero-order valence-electron chi connectivity index (χ0n) is 24.2. The van der Waals surface area contributed by atoms with E-state index in [1.807, 2.05) is 12.1 Å². The van der Waals surface area contributed by atoms with Crippen molar-refractivity contribution in [3.8, 4) is 0 Å². The van der Waals surface area contributed by atoms with Crippen LogP contribution in [0.3, 0.4) is 0 Å². The maximum atomic E-state index is 10.9. The van der Waals surface area contributed by atoms with E-state index >= 15 is 0 Å². The van der Waals surface area contributed by atoms with Crippen LogP contribution < -0.4 is 0 Å². The van der Waals surface area contributed by atoms with Gasteiger partial charge in [-0.3, -0.25) is 0 Å². The average Bonchev–Trinajstić information content (AvgIpc) is 3.00. The Balaban J connectivity index is 0.000000170. The lowest BCUT2D eigenvalue weighted by atomic mass is 9.90. The SMILES string of the molecule is CCC(C)c1ccc2cc(C(=O)O)ccc2c1.CCC(C)c1ccc2cc(C34OCC(C)(CO3)CO4)ccc2c1. The van der Waals surface area contributed by atoms with Crippen LogP contribution in [0.4, 0.5) is 0 Å². The molecule has 4 aromatic rings. The molecule has 2 unspecified atom stereocenters. The summed E-state index contributed by atoms with van der Waals surface area (Å²) in [5, 5.41) is 13.5. The van der Waals surface area contributed by atoms with E-state index in [-0.39, 0.29) is 5.41 Å². The third-order valence-corrected chi connectivity index (χ3v) is 8.52. The molecule has 210 valence electrons. The largest absolute Gasteiger partial charge is 0.478 e. The maximum absolute atomic E-state index is 10.9. The molecule has 5 nitrogen and oxygen atoms in total. The van der Waals surface area contributed by atoms with Crippen molar-refractivity contribution in [2.75, 3.05) is 19.8 Å². The van der Waals surface area contributed by atoms with Crippen molar-refractivity contribution in [2.45, 2.75) is 65.3 Å². The minimum atomic E-state index is -1.01. The summed E-state index contributed by atoms with van der Waals surface area (Å²) in [5.41, 5.74) is 3.98. The first-order valence-electron chi connectivity index (χ1n) is 14.4. The van der Waals surface area contributed by atoms with E-state index < -0.39 is 11.9 Å². The molecule has 2 atom stereocenters. The van der Waals surface area contributed by atoms with Crippen molar-refractivity contribution >= 4 is 27.5 Å². The molecular weight excluding hydrogens is 500 g/mol. The molecule has 0 aliphatic carbocycles. The highest BCUT2D eigenvalue weighted by atomic mass is 16.9. The summed E-state index contributed by atoms with van der Waals surface area (Å²) in [4.78, 5) is 10.9. The van der Waals surface area contributed by atoms with Gasteiger partial charge in [0.15, 0.2) is 0 Å². The van der Waals surface area contributed by atoms with E-state index in [1.165, 1.54) is 21.9 Å². The lowest BCUT2D eigenvalue weighted by molar-refractivity contribution is -0.477. The van der Waals surface area contributed by atoms with Crippen LogP contribution in [0.25, 0.3) is 21.5 Å². The van der Waals surface area contributed by atoms with Gasteiger partial charge in [-0.05, 0) is 75.5 Å². The molecule has 0 spiro atoms. The molecule has 5 heteroatoms. The molecule has 7 rings (SSSR count). The van der Waals surface area contributed by atoms with Crippen LogP contribution >= 0.6 is 0 Å². The fraction of sp³-hybridized carbons (Fsp3) is 0.400. The third kappa shape index (κ3) is 5.64. The number of rotatable bonds is 6. The van der Waals surface area contributed by atoms with Crippen LogP contribution in [-0.4, -0.2) is 30.9 Å². The van der Waals surface area contributed by atoms with Crippen LogP contribution in [0.5, 0.6) is 0 Å². The first kappa shape index (κ1) is 28.3. The Morgan fingerprint density at radius 1 is 0.725 bits per heavy atom. The number of carboxylic acids is 1. The number of hydrogen-bond donors (Lipinski definition) is 1. The predicted octanol–water partition coefficient (Wildman–Crippen LogP) is 8.60. The summed E-state index contributed by atoms with van der Waals surface area (Å²) in [6, 6.07) is 24.5. The maximum Gasteiger partial charge on any atom is 0.335 e. The van der Waals surface area contributed by atoms with Crippen molar-refractivity contribution in [3.63, 3.8) is 0 Å². The van der Waals surface area contributed by atoms with Gasteiger partial charge in [0.25, 0.3) is 0 Å². The molecule has 0 aromatic heterocycles. The summed E-state index contributed by atoms with van der Waals surface area (Å²) in [6.07, 6.45) is 2.26. The number of fused-ring (bicyclic) bond motifs is 5. The lowest BCUT2D eigenvalue weighted by Gasteiger charge is -2.50. The quantitative estimate of drug-likeness (QED) is 0.265. The molecule has 3 aliphatic rings. The van der Waals surface area contributed by atoms with Gasteiger partial charge in [-0.2, -0.15) is 0 Å². The normalized spacial score (nSPS) is 23.4. The minimum absolute atomic E-state index is 0.0101. The molecule has 4 aromatic carbocycles. The van der Waals surface area contributed by atoms with Gasteiger partial charge in [0.1, 0.15) is 0 Å². The van der Waals surface area contributed by atoms with Crippen molar-refractivity contribution in [3.05, 3.63) is 95.1 Å². The van der Waals surface area contributed by atoms with Gasteiger partial charge in [0, 0.05) is 11.0 Å². The van der Waals surface area contributed by atoms with Crippen LogP contribution in [0.2, 0.25) is 0 Å². The van der Waals surface area contributed by atoms with Crippen molar-refractivity contribution < 1.29 is 24.1 Å². The van der Waals surface area contributed by atoms with Gasteiger partial charge < -0.3 is 19.3 Å². The molecule has 40 heavy (non-hydrogen) atoms. The first-order chi connectivity index (χ1) is 19.1. The molecular formula is C35H40O5. The fourth-order valence-corrected chi connectivity index (χ4v) is 5.24. The highest BCUT2D eigenvalue weighted by molar-refractivity contribution is 5.94. The first-order valence-corrected chi connectivity index (χ1v) is 14.4. The second-order valence-electron chi connectivity index (χ2n) is 11.8. The molecule has 0 radical (unpaired) electrons. The minimum Gasteiger partial charge on any atom is -0.478 e. The number of carboxylic acid groups (broad SMARTS) is 1. The molecule has 0 saturated carbocycles. The monoisotopic (exact) mass is 540 g/mol. The second kappa shape index (κ2) is 11.3. The number of benzene rings is 4. The Morgan fingerprint density at radius 3 is 1.68 bits per heavy atom. The van der Waals surface area contributed by atoms with E-state index in [9.17, 15) is 4.79 Å². The van der Waals surface area contributed by atoms with Crippen molar-refractivity contribution in [2.24, 2.45) is 5.41 Å². The lowest BCUT2D eigenvalue weighted by Crippen LogP contribution is -2.57. The number of carbonyl (C=O) groups is 1. The Morgan fingerprint density at radius 2 is 1.18 bits per heavy atom.